The van der Waals surface area contributed by atoms with E-state index in [-0.39, 0.29) is 5.33 Å². The van der Waals surface area contributed by atoms with Gasteiger partial charge in [0, 0.05) is 5.69 Å². The van der Waals surface area contributed by atoms with E-state index in [1.807, 2.05) is 0 Å². The Morgan fingerprint density at radius 1 is 1.38 bits per heavy atom. The van der Waals surface area contributed by atoms with Crippen LogP contribution in [-0.4, -0.2) is 26.0 Å². The number of esters is 1. The summed E-state index contributed by atoms with van der Waals surface area (Å²) < 4.78 is 29.0. The van der Waals surface area contributed by atoms with Crippen LogP contribution in [0.25, 0.3) is 0 Å². The Balaban J connectivity index is 2.72. The zero-order valence-electron chi connectivity index (χ0n) is 8.44. The highest BCUT2D eigenvalue weighted by atomic mass is 79.9. The molecule has 0 heterocycles. The number of ether oxygens (including phenoxy) is 1. The quantitative estimate of drug-likeness (QED) is 0.518. The van der Waals surface area contributed by atoms with Gasteiger partial charge in [-0.05, 0) is 24.3 Å². The fourth-order valence-corrected chi connectivity index (χ4v) is 1.64. The third kappa shape index (κ3) is 4.63. The number of benzene rings is 1. The molecule has 0 radical (unpaired) electrons. The lowest BCUT2D eigenvalue weighted by atomic mass is 10.3. The van der Waals surface area contributed by atoms with E-state index in [2.05, 4.69) is 20.7 Å². The number of anilines is 1. The number of halogens is 1. The molecule has 0 atom stereocenters. The van der Waals surface area contributed by atoms with Crippen molar-refractivity contribution < 1.29 is 17.9 Å². The van der Waals surface area contributed by atoms with Crippen molar-refractivity contribution in [1.29, 1.82) is 0 Å². The van der Waals surface area contributed by atoms with E-state index in [1.54, 1.807) is 0 Å². The normalized spacial score (nSPS) is 10.9. The van der Waals surface area contributed by atoms with Gasteiger partial charge in [0.05, 0.1) is 6.26 Å². The van der Waals surface area contributed by atoms with Crippen molar-refractivity contribution in [2.75, 3.05) is 16.3 Å². The summed E-state index contributed by atoms with van der Waals surface area (Å²) in [6, 6.07) is 6.04. The summed E-state index contributed by atoms with van der Waals surface area (Å²) >= 11 is 2.96. The number of carbonyl (C=O) groups is 1. The number of sulfonamides is 1. The van der Waals surface area contributed by atoms with Crippen LogP contribution < -0.4 is 9.46 Å². The van der Waals surface area contributed by atoms with E-state index < -0.39 is 16.0 Å². The van der Waals surface area contributed by atoms with Gasteiger partial charge in [-0.15, -0.1) is 0 Å². The number of hydrogen-bond acceptors (Lipinski definition) is 4. The van der Waals surface area contributed by atoms with E-state index in [0.717, 1.165) is 6.26 Å². The molecule has 7 heteroatoms. The van der Waals surface area contributed by atoms with Crippen LogP contribution in [0.15, 0.2) is 24.3 Å². The highest BCUT2D eigenvalue weighted by Crippen LogP contribution is 2.16. The van der Waals surface area contributed by atoms with E-state index in [1.165, 1.54) is 24.3 Å². The van der Waals surface area contributed by atoms with Crippen LogP contribution in [0, 0.1) is 0 Å². The molecule has 16 heavy (non-hydrogen) atoms. The molecular formula is C9H10BrNO4S. The lowest BCUT2D eigenvalue weighted by molar-refractivity contribution is -0.131. The minimum Gasteiger partial charge on any atom is -0.426 e. The third-order valence-electron chi connectivity index (χ3n) is 1.50. The van der Waals surface area contributed by atoms with E-state index in [9.17, 15) is 13.2 Å². The van der Waals surface area contributed by atoms with Crippen molar-refractivity contribution in [3.05, 3.63) is 24.3 Å². The minimum absolute atomic E-state index is 0.107. The molecule has 0 aromatic heterocycles. The average Bonchev–Trinajstić information content (AvgIpc) is 2.18. The van der Waals surface area contributed by atoms with Crippen molar-refractivity contribution in [2.24, 2.45) is 0 Å². The Kier molecular flexibility index (Phi) is 4.31. The second-order valence-electron chi connectivity index (χ2n) is 3.01. The second-order valence-corrected chi connectivity index (χ2v) is 5.32. The first-order valence-electron chi connectivity index (χ1n) is 4.25. The second kappa shape index (κ2) is 5.31. The van der Waals surface area contributed by atoms with Crippen LogP contribution in [0.1, 0.15) is 0 Å². The van der Waals surface area contributed by atoms with Gasteiger partial charge in [0.25, 0.3) is 0 Å². The number of rotatable bonds is 4. The lowest BCUT2D eigenvalue weighted by Crippen LogP contribution is -2.10. The molecule has 0 fully saturated rings. The van der Waals surface area contributed by atoms with Crippen LogP contribution in [0.3, 0.4) is 0 Å². The van der Waals surface area contributed by atoms with Crippen molar-refractivity contribution in [1.82, 2.24) is 0 Å². The Morgan fingerprint density at radius 2 is 1.94 bits per heavy atom. The highest BCUT2D eigenvalue weighted by Gasteiger charge is 2.04. The molecule has 5 nitrogen and oxygen atoms in total. The molecule has 1 rings (SSSR count). The first-order chi connectivity index (χ1) is 7.40. The molecule has 88 valence electrons. The van der Waals surface area contributed by atoms with E-state index in [0.29, 0.717) is 11.4 Å². The van der Waals surface area contributed by atoms with Gasteiger partial charge in [0.1, 0.15) is 11.1 Å². The summed E-state index contributed by atoms with van der Waals surface area (Å²) in [7, 11) is -3.28. The fraction of sp³-hybridized carbons (Fsp3) is 0.222. The SMILES string of the molecule is CS(=O)(=O)Nc1ccc(OC(=O)CBr)cc1. The number of nitrogens with one attached hydrogen (secondary N) is 1. The molecule has 0 aliphatic carbocycles. The van der Waals surface area contributed by atoms with Gasteiger partial charge in [-0.1, -0.05) is 15.9 Å². The maximum atomic E-state index is 10.9. The topological polar surface area (TPSA) is 72.5 Å². The van der Waals surface area contributed by atoms with E-state index >= 15 is 0 Å². The summed E-state index contributed by atoms with van der Waals surface area (Å²) in [6.45, 7) is 0. The molecule has 0 saturated carbocycles. The summed E-state index contributed by atoms with van der Waals surface area (Å²) in [5.74, 6) is -0.0488. The van der Waals surface area contributed by atoms with E-state index in [4.69, 9.17) is 4.74 Å². The molecule has 0 amide bonds. The smallest absolute Gasteiger partial charge is 0.321 e. The Morgan fingerprint density at radius 3 is 2.38 bits per heavy atom. The number of hydrogen-bond donors (Lipinski definition) is 1. The fourth-order valence-electron chi connectivity index (χ4n) is 0.964. The van der Waals surface area contributed by atoms with Gasteiger partial charge in [0.2, 0.25) is 10.0 Å². The van der Waals surface area contributed by atoms with Crippen molar-refractivity contribution in [2.45, 2.75) is 0 Å². The molecule has 1 aromatic carbocycles. The number of carbonyl (C=O) groups excluding carboxylic acids is 1. The van der Waals surface area contributed by atoms with Gasteiger partial charge in [0.15, 0.2) is 0 Å². The number of alkyl halides is 1. The Labute approximate surface area is 102 Å². The molecule has 0 aliphatic rings. The van der Waals surface area contributed by atoms with Crippen molar-refractivity contribution in [3.63, 3.8) is 0 Å². The predicted octanol–water partition coefficient (Wildman–Crippen LogP) is 1.36. The molecule has 1 N–H and O–H groups in total. The van der Waals surface area contributed by atoms with Gasteiger partial charge in [-0.2, -0.15) is 0 Å². The summed E-state index contributed by atoms with van der Waals surface area (Å²) in [6.07, 6.45) is 1.06. The lowest BCUT2D eigenvalue weighted by Gasteiger charge is -2.05. The Bertz CT molecular complexity index is 469. The van der Waals surface area contributed by atoms with Gasteiger partial charge in [-0.3, -0.25) is 9.52 Å². The molecule has 0 aliphatic heterocycles. The Hall–Kier alpha value is -1.08. The van der Waals surface area contributed by atoms with Crippen LogP contribution >= 0.6 is 15.9 Å². The third-order valence-corrected chi connectivity index (χ3v) is 2.56. The van der Waals surface area contributed by atoms with Crippen molar-refractivity contribution in [3.8, 4) is 5.75 Å². The van der Waals surface area contributed by atoms with Crippen LogP contribution in [0.5, 0.6) is 5.75 Å². The van der Waals surface area contributed by atoms with Crippen LogP contribution in [0.2, 0.25) is 0 Å². The first-order valence-corrected chi connectivity index (χ1v) is 7.26. The van der Waals surface area contributed by atoms with Crippen LogP contribution in [-0.2, 0) is 14.8 Å². The average molecular weight is 308 g/mol. The zero-order valence-corrected chi connectivity index (χ0v) is 10.8. The van der Waals surface area contributed by atoms with Gasteiger partial charge >= 0.3 is 5.97 Å². The van der Waals surface area contributed by atoms with Gasteiger partial charge < -0.3 is 4.74 Å². The summed E-state index contributed by atoms with van der Waals surface area (Å²) in [4.78, 5) is 10.9. The first kappa shape index (κ1) is 13.0. The molecule has 1 aromatic rings. The predicted molar refractivity (Wildman–Crippen MR) is 64.3 cm³/mol. The monoisotopic (exact) mass is 307 g/mol. The molecule has 0 saturated heterocycles. The molecular weight excluding hydrogens is 298 g/mol. The standard InChI is InChI=1S/C9H10BrNO4S/c1-16(13,14)11-7-2-4-8(5-3-7)15-9(12)6-10/h2-5,11H,6H2,1H3. The largest absolute Gasteiger partial charge is 0.426 e. The zero-order chi connectivity index (χ0) is 12.2. The summed E-state index contributed by atoms with van der Waals surface area (Å²) in [5, 5.41) is 0.107. The minimum atomic E-state index is -3.28. The van der Waals surface area contributed by atoms with Crippen LogP contribution in [0.4, 0.5) is 5.69 Å². The molecule has 0 bridgehead atoms. The highest BCUT2D eigenvalue weighted by molar-refractivity contribution is 9.09. The molecule has 0 unspecified atom stereocenters. The molecule has 0 spiro atoms. The van der Waals surface area contributed by atoms with Gasteiger partial charge in [-0.25, -0.2) is 8.42 Å². The maximum absolute atomic E-state index is 10.9. The summed E-state index contributed by atoms with van der Waals surface area (Å²) in [5.41, 5.74) is 0.418. The van der Waals surface area contributed by atoms with Crippen molar-refractivity contribution >= 4 is 37.6 Å². The maximum Gasteiger partial charge on any atom is 0.321 e.